The molecule has 0 bridgehead atoms. The molecule has 1 aliphatic carbocycles. The van der Waals surface area contributed by atoms with E-state index in [-0.39, 0.29) is 17.4 Å². The molecule has 5 heteroatoms. The van der Waals surface area contributed by atoms with Crippen LogP contribution in [-0.2, 0) is 9.53 Å². The van der Waals surface area contributed by atoms with E-state index < -0.39 is 17.9 Å². The number of hydrogen-bond acceptors (Lipinski definition) is 4. The number of nitrogens with zero attached hydrogens (tertiary/aromatic N) is 1. The number of benzene rings is 2. The predicted octanol–water partition coefficient (Wildman–Crippen LogP) is 4.40. The molecular weight excluding hydrogens is 342 g/mol. The lowest BCUT2D eigenvalue weighted by Crippen LogP contribution is -2.39. The van der Waals surface area contributed by atoms with Gasteiger partial charge in [-0.25, -0.2) is 4.79 Å². The molecule has 0 aliphatic heterocycles. The summed E-state index contributed by atoms with van der Waals surface area (Å²) in [7, 11) is 0. The molecule has 27 heavy (non-hydrogen) atoms. The van der Waals surface area contributed by atoms with Crippen LogP contribution in [0.25, 0.3) is 0 Å². The number of hydrogen-bond donors (Lipinski definition) is 0. The second-order valence-electron chi connectivity index (χ2n) is 6.80. The van der Waals surface area contributed by atoms with Gasteiger partial charge in [0, 0.05) is 10.5 Å². The molecule has 0 fully saturated rings. The maximum Gasteiger partial charge on any atom is 0.334 e. The Morgan fingerprint density at radius 2 is 1.78 bits per heavy atom. The van der Waals surface area contributed by atoms with Gasteiger partial charge in [-0.2, -0.15) is 0 Å². The van der Waals surface area contributed by atoms with Gasteiger partial charge in [0.15, 0.2) is 0 Å². The van der Waals surface area contributed by atoms with Crippen LogP contribution in [0, 0.1) is 17.0 Å². The van der Waals surface area contributed by atoms with Crippen LogP contribution in [0.5, 0.6) is 0 Å². The molecule has 0 N–H and O–H groups in total. The molecule has 0 heterocycles. The van der Waals surface area contributed by atoms with E-state index >= 15 is 0 Å². The lowest BCUT2D eigenvalue weighted by molar-refractivity contribution is -0.530. The van der Waals surface area contributed by atoms with Gasteiger partial charge in [0.05, 0.1) is 18.4 Å². The predicted molar refractivity (Wildman–Crippen MR) is 103 cm³/mol. The standard InChI is InChI=1S/C22H23NO4/c1-3-27-22(24)19-14-13-18(16-11-9-15(2)10-12-16)21(23(25)26)20(19)17-7-5-4-6-8-17/h4-12,14,18,20-21H,3,13H2,1-2H3/t18-,20-,21+/m0/s1. The van der Waals surface area contributed by atoms with Gasteiger partial charge in [0.2, 0.25) is 6.04 Å². The average molecular weight is 365 g/mol. The van der Waals surface area contributed by atoms with Crippen molar-refractivity contribution < 1.29 is 14.5 Å². The molecule has 0 amide bonds. The molecule has 5 nitrogen and oxygen atoms in total. The molecule has 2 aromatic rings. The van der Waals surface area contributed by atoms with Crippen molar-refractivity contribution in [3.05, 3.63) is 93.1 Å². The molecule has 3 rings (SSSR count). The van der Waals surface area contributed by atoms with Crippen LogP contribution in [0.1, 0.15) is 41.9 Å². The summed E-state index contributed by atoms with van der Waals surface area (Å²) in [6, 6.07) is 16.1. The van der Waals surface area contributed by atoms with Gasteiger partial charge in [0.25, 0.3) is 0 Å². The molecular formula is C22H23NO4. The number of aryl methyl sites for hydroxylation is 1. The summed E-state index contributed by atoms with van der Waals surface area (Å²) in [6.45, 7) is 3.96. The summed E-state index contributed by atoms with van der Waals surface area (Å²) in [5.74, 6) is -1.41. The summed E-state index contributed by atoms with van der Waals surface area (Å²) < 4.78 is 5.19. The Balaban J connectivity index is 2.10. The highest BCUT2D eigenvalue weighted by Crippen LogP contribution is 2.43. The molecule has 0 saturated heterocycles. The second kappa shape index (κ2) is 8.16. The number of allylic oxidation sites excluding steroid dienone is 1. The first kappa shape index (κ1) is 18.8. The van der Waals surface area contributed by atoms with Crippen LogP contribution >= 0.6 is 0 Å². The number of carbonyl (C=O) groups is 1. The highest BCUT2D eigenvalue weighted by molar-refractivity contribution is 5.90. The van der Waals surface area contributed by atoms with E-state index in [4.69, 9.17) is 4.74 Å². The van der Waals surface area contributed by atoms with E-state index in [0.29, 0.717) is 12.0 Å². The Hall–Kier alpha value is -2.95. The van der Waals surface area contributed by atoms with Crippen LogP contribution in [0.3, 0.4) is 0 Å². The minimum atomic E-state index is -0.931. The van der Waals surface area contributed by atoms with Gasteiger partial charge >= 0.3 is 5.97 Å². The van der Waals surface area contributed by atoms with E-state index in [1.807, 2.05) is 67.6 Å². The van der Waals surface area contributed by atoms with E-state index in [1.54, 1.807) is 6.92 Å². The SMILES string of the molecule is CCOC(=O)C1=CC[C@@H](c2ccc(C)cc2)[C@@H]([N+](=O)[O-])[C@H]1c1ccccc1. The maximum absolute atomic E-state index is 12.5. The largest absolute Gasteiger partial charge is 0.463 e. The molecule has 140 valence electrons. The Morgan fingerprint density at radius 3 is 2.37 bits per heavy atom. The summed E-state index contributed by atoms with van der Waals surface area (Å²) in [6.07, 6.45) is 2.26. The highest BCUT2D eigenvalue weighted by atomic mass is 16.6. The van der Waals surface area contributed by atoms with Crippen molar-refractivity contribution in [1.82, 2.24) is 0 Å². The Kier molecular flexibility index (Phi) is 5.69. The third-order valence-electron chi connectivity index (χ3n) is 5.10. The van der Waals surface area contributed by atoms with Gasteiger partial charge < -0.3 is 4.74 Å². The van der Waals surface area contributed by atoms with Gasteiger partial charge in [-0.05, 0) is 31.4 Å². The molecule has 0 unspecified atom stereocenters. The Bertz CT molecular complexity index is 842. The van der Waals surface area contributed by atoms with E-state index in [1.165, 1.54) is 0 Å². The van der Waals surface area contributed by atoms with Crippen molar-refractivity contribution in [2.24, 2.45) is 0 Å². The van der Waals surface area contributed by atoms with Gasteiger partial charge in [-0.3, -0.25) is 10.1 Å². The normalized spacial score (nSPS) is 22.0. The second-order valence-corrected chi connectivity index (χ2v) is 6.80. The van der Waals surface area contributed by atoms with Crippen molar-refractivity contribution in [2.75, 3.05) is 6.61 Å². The monoisotopic (exact) mass is 365 g/mol. The fraction of sp³-hybridized carbons (Fsp3) is 0.318. The first-order valence-electron chi connectivity index (χ1n) is 9.15. The molecule has 3 atom stereocenters. The van der Waals surface area contributed by atoms with Crippen molar-refractivity contribution >= 4 is 5.97 Å². The van der Waals surface area contributed by atoms with Crippen LogP contribution in [0.2, 0.25) is 0 Å². The quantitative estimate of drug-likeness (QED) is 0.447. The van der Waals surface area contributed by atoms with Crippen LogP contribution in [0.15, 0.2) is 66.2 Å². The minimum absolute atomic E-state index is 0.238. The zero-order valence-electron chi connectivity index (χ0n) is 15.5. The third kappa shape index (κ3) is 3.92. The summed E-state index contributed by atoms with van der Waals surface area (Å²) >= 11 is 0. The Morgan fingerprint density at radius 1 is 1.11 bits per heavy atom. The van der Waals surface area contributed by atoms with E-state index in [9.17, 15) is 14.9 Å². The molecule has 0 saturated carbocycles. The van der Waals surface area contributed by atoms with Crippen LogP contribution < -0.4 is 0 Å². The van der Waals surface area contributed by atoms with Crippen LogP contribution in [0.4, 0.5) is 0 Å². The van der Waals surface area contributed by atoms with Crippen molar-refractivity contribution in [1.29, 1.82) is 0 Å². The molecule has 0 aromatic heterocycles. The smallest absolute Gasteiger partial charge is 0.334 e. The summed E-state index contributed by atoms with van der Waals surface area (Å²) in [5.41, 5.74) is 3.17. The number of rotatable bonds is 5. The fourth-order valence-corrected chi connectivity index (χ4v) is 3.81. The van der Waals surface area contributed by atoms with Gasteiger partial charge in [-0.15, -0.1) is 0 Å². The lowest BCUT2D eigenvalue weighted by atomic mass is 9.71. The Labute approximate surface area is 158 Å². The van der Waals surface area contributed by atoms with E-state index in [0.717, 1.165) is 16.7 Å². The molecule has 0 spiro atoms. The van der Waals surface area contributed by atoms with Crippen molar-refractivity contribution in [2.45, 2.75) is 38.1 Å². The topological polar surface area (TPSA) is 69.4 Å². The van der Waals surface area contributed by atoms with Crippen molar-refractivity contribution in [3.8, 4) is 0 Å². The van der Waals surface area contributed by atoms with Crippen LogP contribution in [-0.4, -0.2) is 23.5 Å². The van der Waals surface area contributed by atoms with Gasteiger partial charge in [-0.1, -0.05) is 66.2 Å². The number of esters is 1. The third-order valence-corrected chi connectivity index (χ3v) is 5.10. The average Bonchev–Trinajstić information content (AvgIpc) is 2.68. The zero-order chi connectivity index (χ0) is 19.4. The minimum Gasteiger partial charge on any atom is -0.463 e. The fourth-order valence-electron chi connectivity index (χ4n) is 3.81. The number of ether oxygens (including phenoxy) is 1. The molecule has 2 aromatic carbocycles. The number of carbonyl (C=O) groups excluding carboxylic acids is 1. The highest BCUT2D eigenvalue weighted by Gasteiger charge is 2.47. The lowest BCUT2D eigenvalue weighted by Gasteiger charge is -2.32. The summed E-state index contributed by atoms with van der Waals surface area (Å²) in [4.78, 5) is 24.4. The maximum atomic E-state index is 12.5. The van der Waals surface area contributed by atoms with Crippen molar-refractivity contribution in [3.63, 3.8) is 0 Å². The zero-order valence-corrected chi connectivity index (χ0v) is 15.5. The van der Waals surface area contributed by atoms with Gasteiger partial charge in [0.1, 0.15) is 0 Å². The molecule has 1 aliphatic rings. The first-order valence-corrected chi connectivity index (χ1v) is 9.15. The first-order chi connectivity index (χ1) is 13.0. The molecule has 0 radical (unpaired) electrons. The summed E-state index contributed by atoms with van der Waals surface area (Å²) in [5, 5.41) is 12.1. The van der Waals surface area contributed by atoms with E-state index in [2.05, 4.69) is 0 Å². The number of nitro groups is 1.